The van der Waals surface area contributed by atoms with Crippen LogP contribution in [0.5, 0.6) is 5.06 Å². The summed E-state index contributed by atoms with van der Waals surface area (Å²) >= 11 is 5.08. The standard InChI is InChI=1S/C8H5NO3S2/c10-8-7(9(11)12)5-3-4(13)1-2-6(5)14-8/h1-3,10,13H. The van der Waals surface area contributed by atoms with Crippen molar-refractivity contribution in [2.75, 3.05) is 0 Å². The SMILES string of the molecule is O=[N+]([O-])c1c(O)sc2ccc(S)cc12. The highest BCUT2D eigenvalue weighted by Gasteiger charge is 2.21. The van der Waals surface area contributed by atoms with Crippen LogP contribution in [-0.4, -0.2) is 10.0 Å². The van der Waals surface area contributed by atoms with Crippen molar-refractivity contribution >= 4 is 39.7 Å². The fraction of sp³-hybridized carbons (Fsp3) is 0. The third-order valence-corrected chi connectivity index (χ3v) is 3.05. The lowest BCUT2D eigenvalue weighted by atomic mass is 10.2. The number of nitro groups is 1. The zero-order valence-corrected chi connectivity index (χ0v) is 8.51. The Labute approximate surface area is 88.4 Å². The molecule has 1 aromatic heterocycles. The van der Waals surface area contributed by atoms with Gasteiger partial charge in [-0.2, -0.15) is 0 Å². The molecule has 4 nitrogen and oxygen atoms in total. The molecule has 0 aliphatic carbocycles. The number of hydrogen-bond acceptors (Lipinski definition) is 5. The molecule has 14 heavy (non-hydrogen) atoms. The minimum atomic E-state index is -0.582. The van der Waals surface area contributed by atoms with E-state index in [2.05, 4.69) is 12.6 Å². The summed E-state index contributed by atoms with van der Waals surface area (Å²) in [5.74, 6) is 0. The molecule has 1 N–H and O–H groups in total. The van der Waals surface area contributed by atoms with Crippen LogP contribution in [0, 0.1) is 10.1 Å². The van der Waals surface area contributed by atoms with Crippen molar-refractivity contribution in [3.05, 3.63) is 28.3 Å². The van der Waals surface area contributed by atoms with Crippen LogP contribution in [0.1, 0.15) is 0 Å². The topological polar surface area (TPSA) is 63.4 Å². The zero-order valence-electron chi connectivity index (χ0n) is 6.80. The molecule has 0 aliphatic rings. The lowest BCUT2D eigenvalue weighted by Crippen LogP contribution is -1.85. The van der Waals surface area contributed by atoms with E-state index in [4.69, 9.17) is 0 Å². The monoisotopic (exact) mass is 227 g/mol. The van der Waals surface area contributed by atoms with Gasteiger partial charge in [-0.05, 0) is 18.2 Å². The third-order valence-electron chi connectivity index (χ3n) is 1.81. The lowest BCUT2D eigenvalue weighted by Gasteiger charge is -1.91. The van der Waals surface area contributed by atoms with Gasteiger partial charge in [0.15, 0.2) is 0 Å². The normalized spacial score (nSPS) is 10.6. The van der Waals surface area contributed by atoms with Crippen molar-refractivity contribution < 1.29 is 10.0 Å². The molecule has 72 valence electrons. The zero-order chi connectivity index (χ0) is 10.3. The minimum absolute atomic E-state index is 0.235. The number of fused-ring (bicyclic) bond motifs is 1. The highest BCUT2D eigenvalue weighted by atomic mass is 32.1. The van der Waals surface area contributed by atoms with E-state index in [9.17, 15) is 15.2 Å². The molecule has 1 aromatic carbocycles. The van der Waals surface area contributed by atoms with Gasteiger partial charge in [-0.15, -0.1) is 12.6 Å². The summed E-state index contributed by atoms with van der Waals surface area (Å²) in [6, 6.07) is 5.01. The Morgan fingerprint density at radius 1 is 1.50 bits per heavy atom. The van der Waals surface area contributed by atoms with Crippen LogP contribution in [0.2, 0.25) is 0 Å². The number of benzene rings is 1. The van der Waals surface area contributed by atoms with Gasteiger partial charge < -0.3 is 5.11 Å². The molecule has 0 atom stereocenters. The van der Waals surface area contributed by atoms with Gasteiger partial charge in [-0.1, -0.05) is 11.3 Å². The molecule has 0 aliphatic heterocycles. The van der Waals surface area contributed by atoms with Crippen molar-refractivity contribution in [2.24, 2.45) is 0 Å². The van der Waals surface area contributed by atoms with Gasteiger partial charge in [0.1, 0.15) is 0 Å². The van der Waals surface area contributed by atoms with Crippen molar-refractivity contribution in [3.63, 3.8) is 0 Å². The highest BCUT2D eigenvalue weighted by Crippen LogP contribution is 2.43. The van der Waals surface area contributed by atoms with E-state index in [1.807, 2.05) is 0 Å². The molecule has 6 heteroatoms. The van der Waals surface area contributed by atoms with Crippen LogP contribution in [0.4, 0.5) is 5.69 Å². The highest BCUT2D eigenvalue weighted by molar-refractivity contribution is 7.80. The quantitative estimate of drug-likeness (QED) is 0.447. The van der Waals surface area contributed by atoms with Crippen LogP contribution >= 0.6 is 24.0 Å². The van der Waals surface area contributed by atoms with Gasteiger partial charge in [0.25, 0.3) is 5.06 Å². The summed E-state index contributed by atoms with van der Waals surface area (Å²) in [4.78, 5) is 10.7. The molecule has 0 bridgehead atoms. The predicted molar refractivity (Wildman–Crippen MR) is 57.4 cm³/mol. The van der Waals surface area contributed by atoms with Crippen molar-refractivity contribution in [3.8, 4) is 5.06 Å². The number of rotatable bonds is 1. The number of thiol groups is 1. The molecule has 0 saturated heterocycles. The Morgan fingerprint density at radius 3 is 2.86 bits per heavy atom. The summed E-state index contributed by atoms with van der Waals surface area (Å²) in [6.07, 6.45) is 0. The van der Waals surface area contributed by atoms with Crippen molar-refractivity contribution in [1.29, 1.82) is 0 Å². The molecule has 2 aromatic rings. The molecule has 2 rings (SSSR count). The Bertz CT molecular complexity index is 521. The molecular weight excluding hydrogens is 222 g/mol. The Balaban J connectivity index is 2.86. The van der Waals surface area contributed by atoms with E-state index in [0.29, 0.717) is 15.0 Å². The number of nitrogens with zero attached hydrogens (tertiary/aromatic N) is 1. The van der Waals surface area contributed by atoms with Crippen molar-refractivity contribution in [2.45, 2.75) is 4.90 Å². The first kappa shape index (κ1) is 9.29. The molecule has 0 unspecified atom stereocenters. The van der Waals surface area contributed by atoms with Crippen LogP contribution in [0.3, 0.4) is 0 Å². The van der Waals surface area contributed by atoms with Crippen LogP contribution in [0.25, 0.3) is 10.1 Å². The molecular formula is C8H5NO3S2. The fourth-order valence-corrected chi connectivity index (χ4v) is 2.33. The Hall–Kier alpha value is -1.27. The molecule has 0 radical (unpaired) electrons. The van der Waals surface area contributed by atoms with E-state index < -0.39 is 4.92 Å². The molecule has 1 heterocycles. The smallest absolute Gasteiger partial charge is 0.330 e. The molecule has 0 spiro atoms. The molecule has 0 saturated carbocycles. The Kier molecular flexibility index (Phi) is 2.09. The minimum Gasteiger partial charge on any atom is -0.495 e. The first-order valence-electron chi connectivity index (χ1n) is 3.68. The maximum absolute atomic E-state index is 10.6. The fourth-order valence-electron chi connectivity index (χ4n) is 1.24. The molecule has 0 amide bonds. The van der Waals surface area contributed by atoms with E-state index in [1.165, 1.54) is 0 Å². The van der Waals surface area contributed by atoms with Crippen LogP contribution < -0.4 is 0 Å². The largest absolute Gasteiger partial charge is 0.495 e. The maximum atomic E-state index is 10.6. The second-order valence-electron chi connectivity index (χ2n) is 2.69. The average molecular weight is 227 g/mol. The predicted octanol–water partition coefficient (Wildman–Crippen LogP) is 2.80. The van der Waals surface area contributed by atoms with Crippen molar-refractivity contribution in [1.82, 2.24) is 0 Å². The van der Waals surface area contributed by atoms with Gasteiger partial charge in [0.2, 0.25) is 0 Å². The van der Waals surface area contributed by atoms with E-state index >= 15 is 0 Å². The molecule has 0 fully saturated rings. The van der Waals surface area contributed by atoms with Gasteiger partial charge in [0, 0.05) is 9.60 Å². The van der Waals surface area contributed by atoms with Gasteiger partial charge in [0.05, 0.1) is 10.3 Å². The third kappa shape index (κ3) is 1.32. The average Bonchev–Trinajstić information content (AvgIpc) is 2.40. The van der Waals surface area contributed by atoms with Gasteiger partial charge >= 0.3 is 5.69 Å². The van der Waals surface area contributed by atoms with Gasteiger partial charge in [-0.25, -0.2) is 0 Å². The lowest BCUT2D eigenvalue weighted by molar-refractivity contribution is -0.383. The second kappa shape index (κ2) is 3.14. The maximum Gasteiger partial charge on any atom is 0.330 e. The summed E-state index contributed by atoms with van der Waals surface area (Å²) in [5.41, 5.74) is -0.235. The number of aromatic hydroxyl groups is 1. The first-order chi connectivity index (χ1) is 6.59. The summed E-state index contributed by atoms with van der Waals surface area (Å²) < 4.78 is 0.687. The Morgan fingerprint density at radius 2 is 2.21 bits per heavy atom. The summed E-state index contributed by atoms with van der Waals surface area (Å²) in [5, 5.41) is 20.2. The first-order valence-corrected chi connectivity index (χ1v) is 4.95. The van der Waals surface area contributed by atoms with Crippen LogP contribution in [-0.2, 0) is 0 Å². The van der Waals surface area contributed by atoms with Crippen LogP contribution in [0.15, 0.2) is 23.1 Å². The van der Waals surface area contributed by atoms with E-state index in [1.54, 1.807) is 18.2 Å². The number of hydrogen-bond donors (Lipinski definition) is 2. The summed E-state index contributed by atoms with van der Waals surface area (Å²) in [7, 11) is 0. The van der Waals surface area contributed by atoms with E-state index in [0.717, 1.165) is 11.3 Å². The van der Waals surface area contributed by atoms with E-state index in [-0.39, 0.29) is 10.8 Å². The second-order valence-corrected chi connectivity index (χ2v) is 4.24. The van der Waals surface area contributed by atoms with Gasteiger partial charge in [-0.3, -0.25) is 10.1 Å². The number of thiophene rings is 1. The summed E-state index contributed by atoms with van der Waals surface area (Å²) in [6.45, 7) is 0.